The zero-order valence-electron chi connectivity index (χ0n) is 9.24. The van der Waals surface area contributed by atoms with E-state index >= 15 is 0 Å². The van der Waals surface area contributed by atoms with Crippen LogP contribution in [-0.4, -0.2) is 23.0 Å². The summed E-state index contributed by atoms with van der Waals surface area (Å²) in [4.78, 5) is 21.6. The predicted molar refractivity (Wildman–Crippen MR) is 60.3 cm³/mol. The molecule has 4 N–H and O–H groups in total. The van der Waals surface area contributed by atoms with E-state index in [-0.39, 0.29) is 17.7 Å². The highest BCUT2D eigenvalue weighted by atomic mass is 19.1. The van der Waals surface area contributed by atoms with Crippen LogP contribution in [0.2, 0.25) is 0 Å². The molecule has 0 spiro atoms. The lowest BCUT2D eigenvalue weighted by molar-refractivity contribution is -0.118. The summed E-state index contributed by atoms with van der Waals surface area (Å²) >= 11 is 0. The number of hydrogen-bond acceptors (Lipinski definition) is 3. The third-order valence-corrected chi connectivity index (χ3v) is 2.14. The number of anilines is 1. The minimum atomic E-state index is -1.24. The summed E-state index contributed by atoms with van der Waals surface area (Å²) in [7, 11) is 0. The number of carbonyl (C=O) groups excluding carboxylic acids is 1. The molecule has 0 heterocycles. The van der Waals surface area contributed by atoms with Crippen molar-refractivity contribution < 1.29 is 19.1 Å². The largest absolute Gasteiger partial charge is 0.478 e. The van der Waals surface area contributed by atoms with Gasteiger partial charge in [0.25, 0.3) is 0 Å². The van der Waals surface area contributed by atoms with Gasteiger partial charge in [0.2, 0.25) is 5.91 Å². The number of halogens is 1. The molecule has 1 unspecified atom stereocenters. The summed E-state index contributed by atoms with van der Waals surface area (Å²) in [6.45, 7) is 1.61. The van der Waals surface area contributed by atoms with Crippen LogP contribution in [0.4, 0.5) is 10.1 Å². The third-order valence-electron chi connectivity index (χ3n) is 2.14. The maximum Gasteiger partial charge on any atom is 0.337 e. The molecule has 1 atom stereocenters. The van der Waals surface area contributed by atoms with Crippen LogP contribution in [0.25, 0.3) is 0 Å². The van der Waals surface area contributed by atoms with Crippen molar-refractivity contribution >= 4 is 17.6 Å². The van der Waals surface area contributed by atoms with Crippen LogP contribution in [0.1, 0.15) is 23.7 Å². The number of carboxylic acids is 1. The Bertz CT molecular complexity index is 448. The molecule has 0 aliphatic rings. The lowest BCUT2D eigenvalue weighted by atomic mass is 10.1. The number of rotatable bonds is 5. The molecule has 0 aromatic heterocycles. The van der Waals surface area contributed by atoms with Gasteiger partial charge in [-0.3, -0.25) is 4.79 Å². The van der Waals surface area contributed by atoms with Crippen LogP contribution >= 0.6 is 0 Å². The maximum atomic E-state index is 13.5. The number of nitrogens with one attached hydrogen (secondary N) is 1. The van der Waals surface area contributed by atoms with Crippen molar-refractivity contribution in [3.63, 3.8) is 0 Å². The quantitative estimate of drug-likeness (QED) is 0.721. The molecule has 1 aromatic rings. The van der Waals surface area contributed by atoms with Crippen LogP contribution in [0.5, 0.6) is 0 Å². The minimum Gasteiger partial charge on any atom is -0.478 e. The van der Waals surface area contributed by atoms with Crippen molar-refractivity contribution in [3.05, 3.63) is 29.6 Å². The number of benzene rings is 1. The highest BCUT2D eigenvalue weighted by molar-refractivity contribution is 5.94. The van der Waals surface area contributed by atoms with Gasteiger partial charge in [0.05, 0.1) is 11.3 Å². The van der Waals surface area contributed by atoms with Crippen molar-refractivity contribution in [2.75, 3.05) is 5.32 Å². The van der Waals surface area contributed by atoms with Gasteiger partial charge in [-0.1, -0.05) is 6.07 Å². The summed E-state index contributed by atoms with van der Waals surface area (Å²) in [5.41, 5.74) is 4.68. The molecule has 1 aromatic carbocycles. The average Bonchev–Trinajstić information content (AvgIpc) is 2.19. The zero-order chi connectivity index (χ0) is 13.0. The topological polar surface area (TPSA) is 92.4 Å². The second-order valence-corrected chi connectivity index (χ2v) is 3.68. The fourth-order valence-corrected chi connectivity index (χ4v) is 1.45. The van der Waals surface area contributed by atoms with E-state index in [1.807, 2.05) is 0 Å². The monoisotopic (exact) mass is 240 g/mol. The number of aromatic carboxylic acids is 1. The molecule has 1 rings (SSSR count). The normalized spacial score (nSPS) is 11.9. The third kappa shape index (κ3) is 3.44. The molecule has 17 heavy (non-hydrogen) atoms. The van der Waals surface area contributed by atoms with Crippen molar-refractivity contribution in [1.29, 1.82) is 0 Å². The lowest BCUT2D eigenvalue weighted by Gasteiger charge is -2.16. The molecule has 0 aliphatic carbocycles. The van der Waals surface area contributed by atoms with Gasteiger partial charge in [0.15, 0.2) is 0 Å². The van der Waals surface area contributed by atoms with Gasteiger partial charge in [0, 0.05) is 12.5 Å². The SMILES string of the molecule is CC(CC(N)=O)Nc1c(F)cccc1C(=O)O. The summed E-state index contributed by atoms with van der Waals surface area (Å²) < 4.78 is 13.5. The molecule has 0 bridgehead atoms. The van der Waals surface area contributed by atoms with Gasteiger partial charge in [-0.15, -0.1) is 0 Å². The second-order valence-electron chi connectivity index (χ2n) is 3.68. The minimum absolute atomic E-state index is 0.00655. The smallest absolute Gasteiger partial charge is 0.337 e. The summed E-state index contributed by atoms with van der Waals surface area (Å²) in [5.74, 6) is -2.46. The van der Waals surface area contributed by atoms with Crippen molar-refractivity contribution in [2.24, 2.45) is 5.73 Å². The summed E-state index contributed by atoms with van der Waals surface area (Å²) in [5, 5.41) is 11.5. The Balaban J connectivity index is 2.96. The second kappa shape index (κ2) is 5.29. The number of para-hydroxylation sites is 1. The van der Waals surface area contributed by atoms with E-state index in [0.717, 1.165) is 6.07 Å². The molecule has 1 amide bonds. The molecule has 6 heteroatoms. The van der Waals surface area contributed by atoms with E-state index < -0.39 is 23.7 Å². The van der Waals surface area contributed by atoms with Gasteiger partial charge in [0.1, 0.15) is 5.82 Å². The van der Waals surface area contributed by atoms with E-state index in [2.05, 4.69) is 5.32 Å². The lowest BCUT2D eigenvalue weighted by Crippen LogP contribution is -2.25. The first-order valence-electron chi connectivity index (χ1n) is 4.98. The molecular formula is C11H13FN2O3. The molecule has 5 nitrogen and oxygen atoms in total. The van der Waals surface area contributed by atoms with Crippen LogP contribution in [0.15, 0.2) is 18.2 Å². The van der Waals surface area contributed by atoms with Crippen LogP contribution in [0, 0.1) is 5.82 Å². The van der Waals surface area contributed by atoms with E-state index in [4.69, 9.17) is 10.8 Å². The van der Waals surface area contributed by atoms with E-state index in [1.165, 1.54) is 12.1 Å². The Morgan fingerprint density at radius 2 is 2.18 bits per heavy atom. The molecule has 0 saturated heterocycles. The Kier molecular flexibility index (Phi) is 4.03. The van der Waals surface area contributed by atoms with E-state index in [0.29, 0.717) is 0 Å². The van der Waals surface area contributed by atoms with Crippen molar-refractivity contribution in [1.82, 2.24) is 0 Å². The summed E-state index contributed by atoms with van der Waals surface area (Å²) in [6.07, 6.45) is -0.00655. The van der Waals surface area contributed by atoms with E-state index in [1.54, 1.807) is 6.92 Å². The first-order chi connectivity index (χ1) is 7.91. The first-order valence-corrected chi connectivity index (χ1v) is 4.98. The fraction of sp³-hybridized carbons (Fsp3) is 0.273. The van der Waals surface area contributed by atoms with Crippen LogP contribution in [0.3, 0.4) is 0 Å². The first kappa shape index (κ1) is 13.0. The molecule has 0 aliphatic heterocycles. The molecule has 0 saturated carbocycles. The number of carbonyl (C=O) groups is 2. The fourth-order valence-electron chi connectivity index (χ4n) is 1.45. The molecular weight excluding hydrogens is 227 g/mol. The Hall–Kier alpha value is -2.11. The molecule has 92 valence electrons. The number of hydrogen-bond donors (Lipinski definition) is 3. The van der Waals surface area contributed by atoms with Gasteiger partial charge < -0.3 is 16.2 Å². The highest BCUT2D eigenvalue weighted by Gasteiger charge is 2.16. The number of nitrogens with two attached hydrogens (primary N) is 1. The van der Waals surface area contributed by atoms with Crippen LogP contribution in [-0.2, 0) is 4.79 Å². The molecule has 0 radical (unpaired) electrons. The van der Waals surface area contributed by atoms with Crippen LogP contribution < -0.4 is 11.1 Å². The highest BCUT2D eigenvalue weighted by Crippen LogP contribution is 2.21. The van der Waals surface area contributed by atoms with Crippen molar-refractivity contribution in [2.45, 2.75) is 19.4 Å². The standard InChI is InChI=1S/C11H13FN2O3/c1-6(5-9(13)15)14-10-7(11(16)17)3-2-4-8(10)12/h2-4,6,14H,5H2,1H3,(H2,13,15)(H,16,17). The van der Waals surface area contributed by atoms with Gasteiger partial charge >= 0.3 is 5.97 Å². The summed E-state index contributed by atoms with van der Waals surface area (Å²) in [6, 6.07) is 3.29. The van der Waals surface area contributed by atoms with Crippen molar-refractivity contribution in [3.8, 4) is 0 Å². The molecule has 0 fully saturated rings. The number of primary amides is 1. The predicted octanol–water partition coefficient (Wildman–Crippen LogP) is 1.20. The van der Waals surface area contributed by atoms with Gasteiger partial charge in [-0.2, -0.15) is 0 Å². The Morgan fingerprint density at radius 3 is 2.71 bits per heavy atom. The number of carboxylic acid groups (broad SMARTS) is 1. The Labute approximate surface area is 97.4 Å². The number of amides is 1. The van der Waals surface area contributed by atoms with Gasteiger partial charge in [-0.25, -0.2) is 9.18 Å². The van der Waals surface area contributed by atoms with Gasteiger partial charge in [-0.05, 0) is 19.1 Å². The zero-order valence-corrected chi connectivity index (χ0v) is 9.24. The van der Waals surface area contributed by atoms with E-state index in [9.17, 15) is 14.0 Å². The maximum absolute atomic E-state index is 13.5. The average molecular weight is 240 g/mol. The Morgan fingerprint density at radius 1 is 1.53 bits per heavy atom.